The van der Waals surface area contributed by atoms with Crippen LogP contribution in [0.5, 0.6) is 11.5 Å². The van der Waals surface area contributed by atoms with Gasteiger partial charge in [-0.25, -0.2) is 9.59 Å². The summed E-state index contributed by atoms with van der Waals surface area (Å²) in [7, 11) is 0. The number of hydrogen-bond donors (Lipinski definition) is 3. The van der Waals surface area contributed by atoms with Crippen LogP contribution in [0.2, 0.25) is 0 Å². The average molecular weight is 466 g/mol. The molecule has 33 heavy (non-hydrogen) atoms. The Labute approximate surface area is 194 Å². The first-order chi connectivity index (χ1) is 15.7. The molecule has 1 aromatic rings. The van der Waals surface area contributed by atoms with Gasteiger partial charge in [-0.05, 0) is 49.8 Å². The Kier molecular flexibility index (Phi) is 13.3. The largest absolute Gasteiger partial charge is 0.487 e. The molecule has 1 amide bonds. The summed E-state index contributed by atoms with van der Waals surface area (Å²) in [6, 6.07) is 4.97. The van der Waals surface area contributed by atoms with Gasteiger partial charge in [0, 0.05) is 13.0 Å². The number of rotatable bonds is 17. The van der Waals surface area contributed by atoms with Gasteiger partial charge in [-0.3, -0.25) is 4.79 Å². The third-order valence-electron chi connectivity index (χ3n) is 4.41. The maximum atomic E-state index is 12.1. The van der Waals surface area contributed by atoms with Crippen LogP contribution in [-0.2, 0) is 25.7 Å². The van der Waals surface area contributed by atoms with Crippen LogP contribution >= 0.6 is 0 Å². The molecule has 1 atom stereocenters. The van der Waals surface area contributed by atoms with E-state index in [0.29, 0.717) is 18.1 Å². The average Bonchev–Trinajstić information content (AvgIpc) is 2.75. The van der Waals surface area contributed by atoms with E-state index in [0.717, 1.165) is 24.8 Å². The molecule has 0 aliphatic carbocycles. The lowest BCUT2D eigenvalue weighted by atomic mass is 10.1. The Morgan fingerprint density at radius 3 is 2.48 bits per heavy atom. The van der Waals surface area contributed by atoms with E-state index >= 15 is 0 Å². The number of nitrogens with one attached hydrogen (secondary N) is 1. The summed E-state index contributed by atoms with van der Waals surface area (Å²) in [5, 5.41) is 20.6. The molecule has 0 radical (unpaired) electrons. The summed E-state index contributed by atoms with van der Waals surface area (Å²) in [6.07, 6.45) is 6.33. The van der Waals surface area contributed by atoms with Crippen molar-refractivity contribution < 1.29 is 38.8 Å². The zero-order valence-corrected chi connectivity index (χ0v) is 19.5. The highest BCUT2D eigenvalue weighted by Crippen LogP contribution is 2.29. The van der Waals surface area contributed by atoms with E-state index in [9.17, 15) is 14.4 Å². The number of carbonyl (C=O) groups excluding carboxylic acids is 1. The van der Waals surface area contributed by atoms with Crippen LogP contribution in [0.15, 0.2) is 30.4 Å². The van der Waals surface area contributed by atoms with Gasteiger partial charge < -0.3 is 29.7 Å². The second kappa shape index (κ2) is 15.7. The first-order valence-corrected chi connectivity index (χ1v) is 11.1. The Bertz CT molecular complexity index is 791. The van der Waals surface area contributed by atoms with Crippen LogP contribution in [0.25, 0.3) is 0 Å². The topological polar surface area (TPSA) is 131 Å². The van der Waals surface area contributed by atoms with Crippen molar-refractivity contribution in [2.45, 2.75) is 59.1 Å². The lowest BCUT2D eigenvalue weighted by Gasteiger charge is -2.16. The number of unbranched alkanes of at least 4 members (excludes halogenated alkanes) is 2. The molecule has 0 fully saturated rings. The smallest absolute Gasteiger partial charge is 0.344 e. The van der Waals surface area contributed by atoms with Crippen LogP contribution in [0.4, 0.5) is 0 Å². The highest BCUT2D eigenvalue weighted by Gasteiger charge is 2.16. The molecule has 0 bridgehead atoms. The van der Waals surface area contributed by atoms with Crippen LogP contribution < -0.4 is 14.8 Å². The summed E-state index contributed by atoms with van der Waals surface area (Å²) >= 11 is 0. The Balaban J connectivity index is 2.59. The van der Waals surface area contributed by atoms with Gasteiger partial charge in [0.1, 0.15) is 13.2 Å². The minimum absolute atomic E-state index is 0.0469. The molecule has 0 aliphatic rings. The molecule has 184 valence electrons. The van der Waals surface area contributed by atoms with Crippen molar-refractivity contribution in [3.8, 4) is 11.5 Å². The van der Waals surface area contributed by atoms with Gasteiger partial charge in [-0.2, -0.15) is 0 Å². The zero-order valence-electron chi connectivity index (χ0n) is 19.5. The fourth-order valence-corrected chi connectivity index (χ4v) is 2.69. The summed E-state index contributed by atoms with van der Waals surface area (Å²) in [6.45, 7) is 5.59. The molecule has 9 heteroatoms. The molecule has 0 heterocycles. The second-order valence-corrected chi connectivity index (χ2v) is 7.87. The van der Waals surface area contributed by atoms with Gasteiger partial charge in [-0.1, -0.05) is 32.1 Å². The minimum atomic E-state index is -1.13. The summed E-state index contributed by atoms with van der Waals surface area (Å²) in [5.74, 6) is -1.22. The first kappa shape index (κ1) is 28.0. The van der Waals surface area contributed by atoms with E-state index in [1.54, 1.807) is 18.2 Å². The summed E-state index contributed by atoms with van der Waals surface area (Å²) in [5.41, 5.74) is 0.727. The summed E-state index contributed by atoms with van der Waals surface area (Å²) in [4.78, 5) is 33.8. The van der Waals surface area contributed by atoms with E-state index in [-0.39, 0.29) is 31.4 Å². The maximum absolute atomic E-state index is 12.1. The molecule has 1 rings (SSSR count). The number of carboxylic acid groups (broad SMARTS) is 2. The highest BCUT2D eigenvalue weighted by molar-refractivity contribution is 5.75. The third kappa shape index (κ3) is 13.2. The Morgan fingerprint density at radius 2 is 1.82 bits per heavy atom. The van der Waals surface area contributed by atoms with Gasteiger partial charge in [-0.15, -0.1) is 0 Å². The molecule has 1 aromatic carbocycles. The second-order valence-electron chi connectivity index (χ2n) is 7.87. The molecule has 0 spiro atoms. The summed E-state index contributed by atoms with van der Waals surface area (Å²) < 4.78 is 16.0. The lowest BCUT2D eigenvalue weighted by molar-refractivity contribution is -0.144. The highest BCUT2D eigenvalue weighted by atomic mass is 16.6. The van der Waals surface area contributed by atoms with E-state index in [4.69, 9.17) is 24.4 Å². The van der Waals surface area contributed by atoms with E-state index in [1.807, 2.05) is 0 Å². The van der Waals surface area contributed by atoms with Crippen LogP contribution in [-0.4, -0.2) is 54.0 Å². The van der Waals surface area contributed by atoms with Gasteiger partial charge >= 0.3 is 11.9 Å². The van der Waals surface area contributed by atoms with Crippen molar-refractivity contribution in [3.05, 3.63) is 35.9 Å². The monoisotopic (exact) mass is 465 g/mol. The molecule has 3 N–H and O–H groups in total. The predicted molar refractivity (Wildman–Crippen MR) is 122 cm³/mol. The SMILES string of the molecule is CC(C)C=CCCCCC(=O)NCc1ccc(OCCOCC(=O)O)c(OC(C)C(=O)O)c1. The van der Waals surface area contributed by atoms with E-state index in [2.05, 4.69) is 31.3 Å². The fourth-order valence-electron chi connectivity index (χ4n) is 2.69. The number of carbonyl (C=O) groups is 3. The molecule has 9 nitrogen and oxygen atoms in total. The van der Waals surface area contributed by atoms with Crippen LogP contribution in [0, 0.1) is 5.92 Å². The Hall–Kier alpha value is -3.07. The van der Waals surface area contributed by atoms with Crippen molar-refractivity contribution in [1.82, 2.24) is 5.32 Å². The first-order valence-electron chi connectivity index (χ1n) is 11.1. The number of allylic oxidation sites excluding steroid dienone is 2. The molecular formula is C24H35NO8. The maximum Gasteiger partial charge on any atom is 0.344 e. The molecule has 0 aromatic heterocycles. The van der Waals surface area contributed by atoms with Crippen molar-refractivity contribution >= 4 is 17.8 Å². The molecule has 0 saturated carbocycles. The van der Waals surface area contributed by atoms with Gasteiger partial charge in [0.15, 0.2) is 17.6 Å². The van der Waals surface area contributed by atoms with Gasteiger partial charge in [0.25, 0.3) is 0 Å². The van der Waals surface area contributed by atoms with Crippen LogP contribution in [0.1, 0.15) is 52.0 Å². The predicted octanol–water partition coefficient (Wildman–Crippen LogP) is 3.41. The molecular weight excluding hydrogens is 430 g/mol. The number of aliphatic carboxylic acids is 2. The number of ether oxygens (including phenoxy) is 3. The van der Waals surface area contributed by atoms with Gasteiger partial charge in [0.2, 0.25) is 5.91 Å². The molecule has 1 unspecified atom stereocenters. The number of benzene rings is 1. The fraction of sp³-hybridized carbons (Fsp3) is 0.542. The third-order valence-corrected chi connectivity index (χ3v) is 4.41. The molecule has 0 saturated heterocycles. The van der Waals surface area contributed by atoms with Crippen molar-refractivity contribution in [2.75, 3.05) is 19.8 Å². The number of hydrogen-bond acceptors (Lipinski definition) is 6. The quantitative estimate of drug-likeness (QED) is 0.236. The number of carboxylic acids is 2. The van der Waals surface area contributed by atoms with E-state index < -0.39 is 24.6 Å². The Morgan fingerprint density at radius 1 is 1.06 bits per heavy atom. The number of amides is 1. The van der Waals surface area contributed by atoms with Gasteiger partial charge in [0.05, 0.1) is 6.61 Å². The normalized spacial score (nSPS) is 12.0. The minimum Gasteiger partial charge on any atom is -0.487 e. The van der Waals surface area contributed by atoms with E-state index in [1.165, 1.54) is 6.92 Å². The van der Waals surface area contributed by atoms with Crippen molar-refractivity contribution in [2.24, 2.45) is 5.92 Å². The standard InChI is InChI=1S/C24H35NO8/c1-17(2)8-6-4-5-7-9-22(26)25-15-19-10-11-20(32-13-12-31-16-23(27)28)21(14-19)33-18(3)24(29)30/h6,8,10-11,14,17-18H,4-5,7,9,12-13,15-16H2,1-3H3,(H,25,26)(H,27,28)(H,29,30). The van der Waals surface area contributed by atoms with Crippen LogP contribution in [0.3, 0.4) is 0 Å². The lowest BCUT2D eigenvalue weighted by Crippen LogP contribution is -2.24. The van der Waals surface area contributed by atoms with Crippen molar-refractivity contribution in [1.29, 1.82) is 0 Å². The van der Waals surface area contributed by atoms with Crippen molar-refractivity contribution in [3.63, 3.8) is 0 Å². The molecule has 0 aliphatic heterocycles. The zero-order chi connectivity index (χ0) is 24.6.